The van der Waals surface area contributed by atoms with E-state index in [0.717, 1.165) is 11.6 Å². The quantitative estimate of drug-likeness (QED) is 0.782. The van der Waals surface area contributed by atoms with Crippen molar-refractivity contribution in [2.75, 3.05) is 0 Å². The largest absolute Gasteiger partial charge is 0.366 e. The third kappa shape index (κ3) is 2.45. The van der Waals surface area contributed by atoms with Crippen molar-refractivity contribution in [1.82, 2.24) is 4.98 Å². The fourth-order valence-corrected chi connectivity index (χ4v) is 2.44. The molecule has 0 unspecified atom stereocenters. The summed E-state index contributed by atoms with van der Waals surface area (Å²) < 4.78 is 13.6. The van der Waals surface area contributed by atoms with Gasteiger partial charge in [0.15, 0.2) is 0 Å². The zero-order chi connectivity index (χ0) is 15.0. The Hall–Kier alpha value is -2.46. The number of nitrogens with zero attached hydrogens (tertiary/aromatic N) is 1. The van der Waals surface area contributed by atoms with E-state index in [0.29, 0.717) is 21.6 Å². The van der Waals surface area contributed by atoms with Gasteiger partial charge in [0.25, 0.3) is 5.91 Å². The van der Waals surface area contributed by atoms with Crippen molar-refractivity contribution >= 4 is 28.4 Å². The van der Waals surface area contributed by atoms with E-state index in [1.54, 1.807) is 6.07 Å². The molecular formula is C16H10ClFN2O. The van der Waals surface area contributed by atoms with E-state index >= 15 is 0 Å². The van der Waals surface area contributed by atoms with Gasteiger partial charge in [-0.25, -0.2) is 9.37 Å². The average Bonchev–Trinajstić information content (AvgIpc) is 2.48. The van der Waals surface area contributed by atoms with Gasteiger partial charge in [0.2, 0.25) is 0 Å². The van der Waals surface area contributed by atoms with Gasteiger partial charge in [-0.1, -0.05) is 41.9 Å². The highest BCUT2D eigenvalue weighted by atomic mass is 35.5. The van der Waals surface area contributed by atoms with Crippen LogP contribution in [0.25, 0.3) is 22.2 Å². The van der Waals surface area contributed by atoms with Crippen LogP contribution in [0.3, 0.4) is 0 Å². The number of benzene rings is 2. The number of amides is 1. The first-order valence-electron chi connectivity index (χ1n) is 6.21. The molecule has 0 fully saturated rings. The highest BCUT2D eigenvalue weighted by Crippen LogP contribution is 2.30. The SMILES string of the molecule is NC(=O)c1cc(F)cc2c(Cl)cc(-c3ccccc3)nc12. The number of carbonyl (C=O) groups excluding carboxylic acids is 1. The number of carbonyl (C=O) groups is 1. The molecule has 3 aromatic rings. The highest BCUT2D eigenvalue weighted by Gasteiger charge is 2.14. The molecule has 104 valence electrons. The second-order valence-corrected chi connectivity index (χ2v) is 4.98. The lowest BCUT2D eigenvalue weighted by molar-refractivity contribution is 0.100. The molecule has 3 nitrogen and oxygen atoms in total. The monoisotopic (exact) mass is 300 g/mol. The predicted molar refractivity (Wildman–Crippen MR) is 80.7 cm³/mol. The molecule has 21 heavy (non-hydrogen) atoms. The van der Waals surface area contributed by atoms with Gasteiger partial charge < -0.3 is 5.73 Å². The molecule has 5 heteroatoms. The van der Waals surface area contributed by atoms with Crippen LogP contribution >= 0.6 is 11.6 Å². The predicted octanol–water partition coefficient (Wildman–Crippen LogP) is 3.79. The zero-order valence-corrected chi connectivity index (χ0v) is 11.6. The fraction of sp³-hybridized carbons (Fsp3) is 0. The Morgan fingerprint density at radius 3 is 2.52 bits per heavy atom. The van der Waals surface area contributed by atoms with Crippen LogP contribution in [-0.2, 0) is 0 Å². The minimum atomic E-state index is -0.742. The number of aromatic nitrogens is 1. The first kappa shape index (κ1) is 13.5. The fourth-order valence-electron chi connectivity index (χ4n) is 2.20. The van der Waals surface area contributed by atoms with Crippen molar-refractivity contribution in [3.8, 4) is 11.3 Å². The van der Waals surface area contributed by atoms with Crippen LogP contribution in [0.4, 0.5) is 4.39 Å². The summed E-state index contributed by atoms with van der Waals surface area (Å²) in [5.74, 6) is -1.32. The van der Waals surface area contributed by atoms with Crippen molar-refractivity contribution in [3.05, 3.63) is 64.9 Å². The van der Waals surface area contributed by atoms with E-state index in [1.165, 1.54) is 6.07 Å². The van der Waals surface area contributed by atoms with Crippen LogP contribution in [0, 0.1) is 5.82 Å². The molecule has 0 atom stereocenters. The van der Waals surface area contributed by atoms with E-state index in [-0.39, 0.29) is 5.56 Å². The lowest BCUT2D eigenvalue weighted by atomic mass is 10.1. The molecule has 0 aliphatic heterocycles. The molecule has 2 aromatic carbocycles. The molecule has 3 rings (SSSR count). The normalized spacial score (nSPS) is 10.8. The third-order valence-corrected chi connectivity index (χ3v) is 3.48. The minimum Gasteiger partial charge on any atom is -0.366 e. The first-order valence-corrected chi connectivity index (χ1v) is 6.59. The van der Waals surface area contributed by atoms with Gasteiger partial charge in [0.05, 0.1) is 21.8 Å². The molecule has 2 N–H and O–H groups in total. The van der Waals surface area contributed by atoms with Crippen molar-refractivity contribution in [2.24, 2.45) is 5.73 Å². The topological polar surface area (TPSA) is 56.0 Å². The van der Waals surface area contributed by atoms with Crippen molar-refractivity contribution in [3.63, 3.8) is 0 Å². The Balaban J connectivity index is 2.35. The second kappa shape index (κ2) is 5.14. The van der Waals surface area contributed by atoms with Gasteiger partial charge in [-0.15, -0.1) is 0 Å². The van der Waals surface area contributed by atoms with Crippen molar-refractivity contribution in [1.29, 1.82) is 0 Å². The number of hydrogen-bond acceptors (Lipinski definition) is 2. The maximum absolute atomic E-state index is 13.6. The number of fused-ring (bicyclic) bond motifs is 1. The van der Waals surface area contributed by atoms with E-state index in [2.05, 4.69) is 4.98 Å². The number of pyridine rings is 1. The number of hydrogen-bond donors (Lipinski definition) is 1. The lowest BCUT2D eigenvalue weighted by Gasteiger charge is -2.08. The summed E-state index contributed by atoms with van der Waals surface area (Å²) in [4.78, 5) is 15.9. The molecule has 0 bridgehead atoms. The molecular weight excluding hydrogens is 291 g/mol. The van der Waals surface area contributed by atoms with Gasteiger partial charge in [0, 0.05) is 10.9 Å². The molecule has 0 saturated carbocycles. The molecule has 1 aromatic heterocycles. The summed E-state index contributed by atoms with van der Waals surface area (Å²) in [6, 6.07) is 13.3. The van der Waals surface area contributed by atoms with Crippen molar-refractivity contribution < 1.29 is 9.18 Å². The maximum Gasteiger partial charge on any atom is 0.251 e. The van der Waals surface area contributed by atoms with Crippen LogP contribution in [0.15, 0.2) is 48.5 Å². The molecule has 1 amide bonds. The van der Waals surface area contributed by atoms with Crippen LogP contribution in [0.5, 0.6) is 0 Å². The van der Waals surface area contributed by atoms with E-state index < -0.39 is 11.7 Å². The number of nitrogens with two attached hydrogens (primary N) is 1. The van der Waals surface area contributed by atoms with E-state index in [1.807, 2.05) is 30.3 Å². The smallest absolute Gasteiger partial charge is 0.251 e. The van der Waals surface area contributed by atoms with Gasteiger partial charge in [-0.3, -0.25) is 4.79 Å². The molecule has 1 heterocycles. The summed E-state index contributed by atoms with van der Waals surface area (Å²) in [6.07, 6.45) is 0. The standard InChI is InChI=1S/C16H10ClFN2O/c17-13-8-14(9-4-2-1-3-5-9)20-15-11(13)6-10(18)7-12(15)16(19)21/h1-8H,(H2,19,21). The second-order valence-electron chi connectivity index (χ2n) is 4.57. The molecule has 0 aliphatic rings. The summed E-state index contributed by atoms with van der Waals surface area (Å²) in [6.45, 7) is 0. The van der Waals surface area contributed by atoms with Crippen LogP contribution in [-0.4, -0.2) is 10.9 Å². The summed E-state index contributed by atoms with van der Waals surface area (Å²) >= 11 is 6.20. The molecule has 0 saturated heterocycles. The number of primary amides is 1. The van der Waals surface area contributed by atoms with Crippen molar-refractivity contribution in [2.45, 2.75) is 0 Å². The average molecular weight is 301 g/mol. The Kier molecular flexibility index (Phi) is 3.31. The van der Waals surface area contributed by atoms with Gasteiger partial charge in [0.1, 0.15) is 5.82 Å². The van der Waals surface area contributed by atoms with Gasteiger partial charge in [-0.05, 0) is 18.2 Å². The molecule has 0 spiro atoms. The van der Waals surface area contributed by atoms with Gasteiger partial charge in [-0.2, -0.15) is 0 Å². The minimum absolute atomic E-state index is 0.0182. The summed E-state index contributed by atoms with van der Waals surface area (Å²) in [5.41, 5.74) is 7.07. The molecule has 0 radical (unpaired) electrons. The van der Waals surface area contributed by atoms with Crippen LogP contribution in [0.2, 0.25) is 5.02 Å². The highest BCUT2D eigenvalue weighted by molar-refractivity contribution is 6.36. The number of halogens is 2. The Bertz CT molecular complexity index is 850. The van der Waals surface area contributed by atoms with E-state index in [4.69, 9.17) is 17.3 Å². The van der Waals surface area contributed by atoms with Crippen LogP contribution in [0.1, 0.15) is 10.4 Å². The Morgan fingerprint density at radius 2 is 1.86 bits per heavy atom. The zero-order valence-electron chi connectivity index (χ0n) is 10.8. The maximum atomic E-state index is 13.6. The van der Waals surface area contributed by atoms with Gasteiger partial charge >= 0.3 is 0 Å². The Labute approximate surface area is 125 Å². The summed E-state index contributed by atoms with van der Waals surface area (Å²) in [7, 11) is 0. The third-order valence-electron chi connectivity index (χ3n) is 3.16. The number of rotatable bonds is 2. The summed E-state index contributed by atoms with van der Waals surface area (Å²) in [5, 5.41) is 0.686. The van der Waals surface area contributed by atoms with E-state index in [9.17, 15) is 9.18 Å². The Morgan fingerprint density at radius 1 is 1.14 bits per heavy atom. The first-order chi connectivity index (χ1) is 10.1. The van der Waals surface area contributed by atoms with Crippen LogP contribution < -0.4 is 5.73 Å². The molecule has 0 aliphatic carbocycles. The lowest BCUT2D eigenvalue weighted by Crippen LogP contribution is -2.12.